The van der Waals surface area contributed by atoms with Crippen LogP contribution in [0.4, 0.5) is 5.69 Å². The van der Waals surface area contributed by atoms with Gasteiger partial charge in [-0.15, -0.1) is 0 Å². The van der Waals surface area contributed by atoms with Crippen molar-refractivity contribution < 1.29 is 9.53 Å². The van der Waals surface area contributed by atoms with Crippen molar-refractivity contribution in [1.29, 1.82) is 0 Å². The molecule has 2 aromatic carbocycles. The number of fused-ring (bicyclic) bond motifs is 1. The van der Waals surface area contributed by atoms with Gasteiger partial charge in [-0.25, -0.2) is 0 Å². The van der Waals surface area contributed by atoms with Crippen LogP contribution in [0.1, 0.15) is 12.5 Å². The molecule has 1 aliphatic rings. The molecule has 4 rings (SSSR count). The Morgan fingerprint density at radius 1 is 1.10 bits per heavy atom. The van der Waals surface area contributed by atoms with Crippen molar-refractivity contribution >= 4 is 22.5 Å². The number of benzene rings is 2. The molecule has 1 aliphatic heterocycles. The lowest BCUT2D eigenvalue weighted by Crippen LogP contribution is -2.54. The minimum atomic E-state index is -0.156. The number of anilines is 1. The Balaban J connectivity index is 1.43. The maximum atomic E-state index is 12.8. The highest BCUT2D eigenvalue weighted by molar-refractivity contribution is 5.86. The van der Waals surface area contributed by atoms with Gasteiger partial charge < -0.3 is 19.1 Å². The van der Waals surface area contributed by atoms with Gasteiger partial charge in [0.15, 0.2) is 6.61 Å². The van der Waals surface area contributed by atoms with Crippen LogP contribution in [0, 0.1) is 6.92 Å². The van der Waals surface area contributed by atoms with Gasteiger partial charge in [-0.1, -0.05) is 24.3 Å². The quantitative estimate of drug-likeness (QED) is 0.670. The van der Waals surface area contributed by atoms with Gasteiger partial charge in [0.05, 0.1) is 5.52 Å². The number of carbonyl (C=O) groups is 1. The minimum Gasteiger partial charge on any atom is -0.483 e. The lowest BCUT2D eigenvalue weighted by atomic mass is 10.1. The number of aryl methyl sites for hydroxylation is 2. The van der Waals surface area contributed by atoms with Gasteiger partial charge in [-0.05, 0) is 43.7 Å². The van der Waals surface area contributed by atoms with Crippen LogP contribution in [0.5, 0.6) is 5.75 Å². The molecule has 1 unspecified atom stereocenters. The van der Waals surface area contributed by atoms with Crippen molar-refractivity contribution in [3.8, 4) is 5.75 Å². The summed E-state index contributed by atoms with van der Waals surface area (Å²) in [5.41, 5.74) is 3.05. The predicted octanol–water partition coefficient (Wildman–Crippen LogP) is 2.96. The van der Waals surface area contributed by atoms with E-state index in [9.17, 15) is 9.59 Å². The van der Waals surface area contributed by atoms with Gasteiger partial charge in [0.2, 0.25) is 0 Å². The van der Waals surface area contributed by atoms with Crippen LogP contribution in [0.15, 0.2) is 59.4 Å². The first-order valence-corrected chi connectivity index (χ1v) is 10.3. The molecule has 156 valence electrons. The highest BCUT2D eigenvalue weighted by atomic mass is 16.5. The van der Waals surface area contributed by atoms with Crippen molar-refractivity contribution in [1.82, 2.24) is 9.47 Å². The molecule has 0 N–H and O–H groups in total. The number of amides is 1. The number of carbonyl (C=O) groups excluding carboxylic acids is 1. The summed E-state index contributed by atoms with van der Waals surface area (Å²) in [4.78, 5) is 29.2. The van der Waals surface area contributed by atoms with E-state index in [1.807, 2.05) is 29.2 Å². The Labute approximate surface area is 176 Å². The maximum absolute atomic E-state index is 12.8. The monoisotopic (exact) mass is 405 g/mol. The van der Waals surface area contributed by atoms with Gasteiger partial charge in [-0.3, -0.25) is 9.59 Å². The number of para-hydroxylation sites is 1. The molecule has 1 fully saturated rings. The van der Waals surface area contributed by atoms with Crippen molar-refractivity contribution in [3.05, 3.63) is 70.5 Å². The molecule has 2 heterocycles. The van der Waals surface area contributed by atoms with Crippen LogP contribution in [0.3, 0.4) is 0 Å². The number of aromatic nitrogens is 1. The summed E-state index contributed by atoms with van der Waals surface area (Å²) in [5, 5.41) is 0.824. The number of nitrogens with zero attached hydrogens (tertiary/aromatic N) is 3. The van der Waals surface area contributed by atoms with Crippen LogP contribution in [0.25, 0.3) is 10.9 Å². The van der Waals surface area contributed by atoms with E-state index in [0.717, 1.165) is 17.4 Å². The first-order valence-electron chi connectivity index (χ1n) is 10.3. The molecule has 0 spiro atoms. The standard InChI is InChI=1S/C24H27N3O3/c1-17-7-6-8-19(13-17)27-12-11-26(15-18(27)2)24(29)16-30-22-14-23(28)25(3)21-10-5-4-9-20(21)22/h4-10,13-14,18H,11-12,15-16H2,1-3H3. The van der Waals surface area contributed by atoms with Crippen LogP contribution < -0.4 is 15.2 Å². The number of pyridine rings is 1. The van der Waals surface area contributed by atoms with E-state index in [1.165, 1.54) is 17.3 Å². The molecular formula is C24H27N3O3. The Hall–Kier alpha value is -3.28. The Morgan fingerprint density at radius 2 is 1.90 bits per heavy atom. The normalized spacial score (nSPS) is 16.7. The highest BCUT2D eigenvalue weighted by Gasteiger charge is 2.27. The number of hydrogen-bond donors (Lipinski definition) is 0. The predicted molar refractivity (Wildman–Crippen MR) is 119 cm³/mol. The summed E-state index contributed by atoms with van der Waals surface area (Å²) in [6.07, 6.45) is 0. The smallest absolute Gasteiger partial charge is 0.260 e. The molecule has 0 aliphatic carbocycles. The van der Waals surface area contributed by atoms with Gasteiger partial charge >= 0.3 is 0 Å². The fourth-order valence-corrected chi connectivity index (χ4v) is 4.10. The van der Waals surface area contributed by atoms with Crippen molar-refractivity contribution in [3.63, 3.8) is 0 Å². The maximum Gasteiger partial charge on any atom is 0.260 e. The molecule has 1 amide bonds. The van der Waals surface area contributed by atoms with Crippen LogP contribution in [-0.4, -0.2) is 47.7 Å². The van der Waals surface area contributed by atoms with Gasteiger partial charge in [-0.2, -0.15) is 0 Å². The van der Waals surface area contributed by atoms with Crippen LogP contribution >= 0.6 is 0 Å². The molecule has 0 radical (unpaired) electrons. The fraction of sp³-hybridized carbons (Fsp3) is 0.333. The van der Waals surface area contributed by atoms with Gasteiger partial charge in [0.1, 0.15) is 5.75 Å². The molecule has 0 saturated carbocycles. The molecule has 30 heavy (non-hydrogen) atoms. The van der Waals surface area contributed by atoms with E-state index in [1.54, 1.807) is 11.6 Å². The topological polar surface area (TPSA) is 54.8 Å². The summed E-state index contributed by atoms with van der Waals surface area (Å²) in [6.45, 7) is 6.23. The Bertz CT molecular complexity index is 1140. The number of rotatable bonds is 4. The van der Waals surface area contributed by atoms with Gasteiger partial charge in [0.25, 0.3) is 11.5 Å². The summed E-state index contributed by atoms with van der Waals surface area (Å²) in [7, 11) is 1.73. The molecule has 1 aromatic heterocycles. The highest BCUT2D eigenvalue weighted by Crippen LogP contribution is 2.24. The van der Waals surface area contributed by atoms with E-state index in [-0.39, 0.29) is 24.1 Å². The largest absolute Gasteiger partial charge is 0.483 e. The van der Waals surface area contributed by atoms with Crippen LogP contribution in [-0.2, 0) is 11.8 Å². The zero-order chi connectivity index (χ0) is 21.3. The lowest BCUT2D eigenvalue weighted by Gasteiger charge is -2.41. The van der Waals surface area contributed by atoms with Crippen molar-refractivity contribution in [2.45, 2.75) is 19.9 Å². The summed E-state index contributed by atoms with van der Waals surface area (Å²) in [5.74, 6) is 0.393. The van der Waals surface area contributed by atoms with E-state index < -0.39 is 0 Å². The van der Waals surface area contributed by atoms with E-state index in [4.69, 9.17) is 4.74 Å². The SMILES string of the molecule is Cc1cccc(N2CCN(C(=O)COc3cc(=O)n(C)c4ccccc34)CC2C)c1. The average molecular weight is 405 g/mol. The Morgan fingerprint density at radius 3 is 2.67 bits per heavy atom. The first-order chi connectivity index (χ1) is 14.4. The molecule has 3 aromatic rings. The minimum absolute atomic E-state index is 0.0597. The second kappa shape index (κ2) is 8.22. The number of hydrogen-bond acceptors (Lipinski definition) is 4. The zero-order valence-corrected chi connectivity index (χ0v) is 17.7. The molecule has 6 heteroatoms. The number of piperazine rings is 1. The zero-order valence-electron chi connectivity index (χ0n) is 17.7. The molecule has 0 bridgehead atoms. The van der Waals surface area contributed by atoms with E-state index in [0.29, 0.717) is 18.8 Å². The fourth-order valence-electron chi connectivity index (χ4n) is 4.10. The third kappa shape index (κ3) is 3.90. The molecule has 6 nitrogen and oxygen atoms in total. The van der Waals surface area contributed by atoms with Crippen LogP contribution in [0.2, 0.25) is 0 Å². The van der Waals surface area contributed by atoms with Gasteiger partial charge in [0, 0.05) is 49.9 Å². The van der Waals surface area contributed by atoms with Crippen molar-refractivity contribution in [2.24, 2.45) is 7.05 Å². The lowest BCUT2D eigenvalue weighted by molar-refractivity contribution is -0.134. The second-order valence-corrected chi connectivity index (χ2v) is 7.93. The average Bonchev–Trinajstić information content (AvgIpc) is 2.75. The summed E-state index contributed by atoms with van der Waals surface area (Å²) >= 11 is 0. The molecule has 1 atom stereocenters. The third-order valence-corrected chi connectivity index (χ3v) is 5.78. The second-order valence-electron chi connectivity index (χ2n) is 7.93. The van der Waals surface area contributed by atoms with E-state index in [2.05, 4.69) is 43.0 Å². The summed E-state index contributed by atoms with van der Waals surface area (Å²) in [6, 6.07) is 17.7. The van der Waals surface area contributed by atoms with Crippen molar-refractivity contribution in [2.75, 3.05) is 31.1 Å². The molecular weight excluding hydrogens is 378 g/mol. The first kappa shape index (κ1) is 20.0. The molecule has 1 saturated heterocycles. The third-order valence-electron chi connectivity index (χ3n) is 5.78. The van der Waals surface area contributed by atoms with E-state index >= 15 is 0 Å². The Kier molecular flexibility index (Phi) is 5.48. The summed E-state index contributed by atoms with van der Waals surface area (Å²) < 4.78 is 7.39. The number of ether oxygens (including phenoxy) is 1.